The summed E-state index contributed by atoms with van der Waals surface area (Å²) in [6, 6.07) is 10.9. The highest BCUT2D eigenvalue weighted by molar-refractivity contribution is 5.78. The van der Waals surface area contributed by atoms with Crippen LogP contribution in [0.2, 0.25) is 0 Å². The summed E-state index contributed by atoms with van der Waals surface area (Å²) in [4.78, 5) is 0. The van der Waals surface area contributed by atoms with Crippen molar-refractivity contribution in [2.75, 3.05) is 0 Å². The molecule has 0 heterocycles. The zero-order chi connectivity index (χ0) is 13.0. The van der Waals surface area contributed by atoms with E-state index in [-0.39, 0.29) is 0 Å². The molecule has 0 amide bonds. The minimum absolute atomic E-state index is 0.661. The summed E-state index contributed by atoms with van der Waals surface area (Å²) in [5.74, 6) is 0.661. The van der Waals surface area contributed by atoms with Gasteiger partial charge in [-0.25, -0.2) is 0 Å². The molecule has 1 aliphatic carbocycles. The van der Waals surface area contributed by atoms with Gasteiger partial charge in [-0.3, -0.25) is 0 Å². The van der Waals surface area contributed by atoms with E-state index < -0.39 is 0 Å². The third-order valence-corrected chi connectivity index (χ3v) is 3.86. The average molecular weight is 240 g/mol. The molecule has 96 valence electrons. The predicted molar refractivity (Wildman–Crippen MR) is 80.4 cm³/mol. The van der Waals surface area contributed by atoms with Crippen molar-refractivity contribution in [3.05, 3.63) is 53.1 Å². The van der Waals surface area contributed by atoms with Gasteiger partial charge in [-0.1, -0.05) is 74.7 Å². The molecule has 0 bridgehead atoms. The van der Waals surface area contributed by atoms with Crippen molar-refractivity contribution in [2.45, 2.75) is 46.5 Å². The lowest BCUT2D eigenvalue weighted by atomic mass is 9.95. The van der Waals surface area contributed by atoms with Gasteiger partial charge in [0, 0.05) is 5.92 Å². The maximum absolute atomic E-state index is 2.46. The van der Waals surface area contributed by atoms with Gasteiger partial charge in [0.1, 0.15) is 0 Å². The van der Waals surface area contributed by atoms with E-state index in [0.717, 1.165) is 0 Å². The lowest BCUT2D eigenvalue weighted by Gasteiger charge is -2.09. The second-order valence-electron chi connectivity index (χ2n) is 5.00. The van der Waals surface area contributed by atoms with Crippen LogP contribution in [0.15, 0.2) is 47.6 Å². The summed E-state index contributed by atoms with van der Waals surface area (Å²) < 4.78 is 0. The topological polar surface area (TPSA) is 0 Å². The van der Waals surface area contributed by atoms with Crippen LogP contribution in [0.3, 0.4) is 0 Å². The second kappa shape index (κ2) is 6.04. The van der Waals surface area contributed by atoms with Gasteiger partial charge >= 0.3 is 0 Å². The van der Waals surface area contributed by atoms with E-state index in [1.165, 1.54) is 31.2 Å². The van der Waals surface area contributed by atoms with Gasteiger partial charge in [0.25, 0.3) is 0 Å². The van der Waals surface area contributed by atoms with Gasteiger partial charge in [-0.2, -0.15) is 0 Å². The minimum atomic E-state index is 0.661. The van der Waals surface area contributed by atoms with Crippen molar-refractivity contribution in [3.8, 4) is 0 Å². The molecule has 0 N–H and O–H groups in total. The highest BCUT2D eigenvalue weighted by Crippen LogP contribution is 2.51. The Hall–Kier alpha value is -1.30. The molecule has 0 aromatic heterocycles. The van der Waals surface area contributed by atoms with E-state index in [4.69, 9.17) is 0 Å². The van der Waals surface area contributed by atoms with Crippen LogP contribution in [0.5, 0.6) is 0 Å². The Morgan fingerprint density at radius 2 is 1.61 bits per heavy atom. The highest BCUT2D eigenvalue weighted by atomic mass is 14.4. The molecule has 0 saturated heterocycles. The molecule has 0 saturated carbocycles. The lowest BCUT2D eigenvalue weighted by molar-refractivity contribution is 0.944. The first kappa shape index (κ1) is 13.1. The summed E-state index contributed by atoms with van der Waals surface area (Å²) >= 11 is 0. The molecule has 0 aliphatic heterocycles. The Bertz CT molecular complexity index is 434. The Morgan fingerprint density at radius 3 is 2.11 bits per heavy atom. The zero-order valence-electron chi connectivity index (χ0n) is 11.9. The molecule has 0 fully saturated rings. The van der Waals surface area contributed by atoms with Crippen molar-refractivity contribution < 1.29 is 0 Å². The van der Waals surface area contributed by atoms with E-state index in [9.17, 15) is 0 Å². The quantitative estimate of drug-likeness (QED) is 0.566. The maximum Gasteiger partial charge on any atom is 0.0266 e. The molecule has 0 radical (unpaired) electrons. The molecule has 0 unspecified atom stereocenters. The largest absolute Gasteiger partial charge is 0.0798 e. The number of hydrogen-bond acceptors (Lipinski definition) is 0. The maximum atomic E-state index is 2.46. The first-order valence-corrected chi connectivity index (χ1v) is 7.30. The molecule has 1 aliphatic rings. The molecule has 1 aromatic rings. The molecule has 0 heteroatoms. The first-order chi connectivity index (χ1) is 8.83. The van der Waals surface area contributed by atoms with Gasteiger partial charge in [-0.15, -0.1) is 0 Å². The minimum Gasteiger partial charge on any atom is -0.0798 e. The summed E-state index contributed by atoms with van der Waals surface area (Å²) in [6.45, 7) is 6.82. The van der Waals surface area contributed by atoms with Gasteiger partial charge in [0.05, 0.1) is 0 Å². The summed E-state index contributed by atoms with van der Waals surface area (Å²) in [5, 5.41) is 0. The number of unbranched alkanes of at least 4 members (excludes halogenated alkanes) is 1. The normalized spacial score (nSPS) is 16.3. The smallest absolute Gasteiger partial charge is 0.0266 e. The van der Waals surface area contributed by atoms with Crippen LogP contribution in [0, 0.1) is 5.92 Å². The van der Waals surface area contributed by atoms with Crippen molar-refractivity contribution in [1.82, 2.24) is 0 Å². The van der Waals surface area contributed by atoms with Crippen LogP contribution in [0.1, 0.15) is 52.0 Å². The number of benzene rings is 1. The van der Waals surface area contributed by atoms with Crippen LogP contribution in [0.4, 0.5) is 0 Å². The second-order valence-corrected chi connectivity index (χ2v) is 5.00. The molecular formula is C18H24. The zero-order valence-corrected chi connectivity index (χ0v) is 11.9. The fourth-order valence-electron chi connectivity index (χ4n) is 2.89. The van der Waals surface area contributed by atoms with Crippen molar-refractivity contribution in [1.29, 1.82) is 0 Å². The lowest BCUT2D eigenvalue weighted by Crippen LogP contribution is -1.92. The number of allylic oxidation sites excluding steroid dienone is 4. The first-order valence-electron chi connectivity index (χ1n) is 7.30. The van der Waals surface area contributed by atoms with Crippen molar-refractivity contribution in [2.24, 2.45) is 5.92 Å². The van der Waals surface area contributed by atoms with Crippen molar-refractivity contribution >= 4 is 5.57 Å². The van der Waals surface area contributed by atoms with Gasteiger partial charge in [0.15, 0.2) is 0 Å². The third-order valence-electron chi connectivity index (χ3n) is 3.86. The van der Waals surface area contributed by atoms with E-state index in [2.05, 4.69) is 57.2 Å². The number of rotatable bonds is 6. The van der Waals surface area contributed by atoms with Gasteiger partial charge in [-0.05, 0) is 30.4 Å². The Labute approximate surface area is 111 Å². The van der Waals surface area contributed by atoms with Gasteiger partial charge in [0.2, 0.25) is 0 Å². The molecular weight excluding hydrogens is 216 g/mol. The van der Waals surface area contributed by atoms with Crippen LogP contribution < -0.4 is 0 Å². The molecule has 0 nitrogen and oxygen atoms in total. The molecule has 1 aromatic carbocycles. The predicted octanol–water partition coefficient (Wildman–Crippen LogP) is 5.62. The SMILES string of the molecule is CCCC=C(c1ccccc1)C1C(CC)=C1CC. The Balaban J connectivity index is 2.24. The third kappa shape index (κ3) is 2.58. The van der Waals surface area contributed by atoms with Crippen LogP contribution in [0.25, 0.3) is 5.57 Å². The molecule has 2 rings (SSSR count). The van der Waals surface area contributed by atoms with Crippen molar-refractivity contribution in [3.63, 3.8) is 0 Å². The molecule has 18 heavy (non-hydrogen) atoms. The monoisotopic (exact) mass is 240 g/mol. The highest BCUT2D eigenvalue weighted by Gasteiger charge is 2.36. The van der Waals surface area contributed by atoms with E-state index in [1.54, 1.807) is 16.7 Å². The van der Waals surface area contributed by atoms with Gasteiger partial charge < -0.3 is 0 Å². The van der Waals surface area contributed by atoms with E-state index in [0.29, 0.717) is 5.92 Å². The van der Waals surface area contributed by atoms with E-state index >= 15 is 0 Å². The summed E-state index contributed by atoms with van der Waals surface area (Å²) in [5.41, 5.74) is 6.32. The summed E-state index contributed by atoms with van der Waals surface area (Å²) in [6.07, 6.45) is 7.30. The van der Waals surface area contributed by atoms with Crippen LogP contribution in [-0.4, -0.2) is 0 Å². The standard InChI is InChI=1S/C18H24/c1-4-7-13-17(14-11-9-8-10-12-14)18-15(5-2)16(18)6-3/h8-13,18H,4-7H2,1-3H3. The fourth-order valence-corrected chi connectivity index (χ4v) is 2.89. The number of hydrogen-bond donors (Lipinski definition) is 0. The molecule has 0 atom stereocenters. The van der Waals surface area contributed by atoms with Crippen LogP contribution in [-0.2, 0) is 0 Å². The summed E-state index contributed by atoms with van der Waals surface area (Å²) in [7, 11) is 0. The fraction of sp³-hybridized carbons (Fsp3) is 0.444. The average Bonchev–Trinajstić information content (AvgIpc) is 3.13. The van der Waals surface area contributed by atoms with Crippen LogP contribution >= 0.6 is 0 Å². The van der Waals surface area contributed by atoms with E-state index in [1.807, 2.05) is 0 Å². The Kier molecular flexibility index (Phi) is 4.41. The Morgan fingerprint density at radius 1 is 1.00 bits per heavy atom. The molecule has 0 spiro atoms.